The van der Waals surface area contributed by atoms with Gasteiger partial charge in [-0.2, -0.15) is 0 Å². The lowest BCUT2D eigenvalue weighted by Gasteiger charge is -2.19. The molecule has 0 radical (unpaired) electrons. The summed E-state index contributed by atoms with van der Waals surface area (Å²) in [6, 6.07) is 0. The highest BCUT2D eigenvalue weighted by Crippen LogP contribution is 2.31. The Morgan fingerprint density at radius 1 is 1.50 bits per heavy atom. The van der Waals surface area contributed by atoms with Gasteiger partial charge in [-0.3, -0.25) is 4.79 Å². The van der Waals surface area contributed by atoms with Crippen LogP contribution in [0.25, 0.3) is 0 Å². The highest BCUT2D eigenvalue weighted by atomic mass is 16.6. The van der Waals surface area contributed by atoms with E-state index in [0.717, 1.165) is 0 Å². The van der Waals surface area contributed by atoms with Crippen molar-refractivity contribution in [1.29, 1.82) is 0 Å². The van der Waals surface area contributed by atoms with Crippen molar-refractivity contribution in [3.63, 3.8) is 0 Å². The van der Waals surface area contributed by atoms with Gasteiger partial charge in [-0.25, -0.2) is 0 Å². The third-order valence-electron chi connectivity index (χ3n) is 2.10. The summed E-state index contributed by atoms with van der Waals surface area (Å²) in [5, 5.41) is 9.47. The van der Waals surface area contributed by atoms with Crippen molar-refractivity contribution in [2.75, 3.05) is 0 Å². The van der Waals surface area contributed by atoms with Crippen LogP contribution < -0.4 is 0 Å². The first-order valence-electron chi connectivity index (χ1n) is 3.87. The highest BCUT2D eigenvalue weighted by Gasteiger charge is 2.47. The Bertz CT molecular complexity index is 235. The molecule has 4 heteroatoms. The second-order valence-electron chi connectivity index (χ2n) is 3.01. The third kappa shape index (κ3) is 1.04. The number of aliphatic hydroxyl groups is 1. The van der Waals surface area contributed by atoms with Gasteiger partial charge in [-0.1, -0.05) is 12.2 Å². The summed E-state index contributed by atoms with van der Waals surface area (Å²) >= 11 is 0. The van der Waals surface area contributed by atoms with Crippen molar-refractivity contribution in [3.05, 3.63) is 12.2 Å². The van der Waals surface area contributed by atoms with Gasteiger partial charge in [0.2, 0.25) is 0 Å². The van der Waals surface area contributed by atoms with Crippen LogP contribution in [-0.2, 0) is 14.3 Å². The molecule has 0 amide bonds. The molecule has 0 aromatic rings. The second-order valence-corrected chi connectivity index (χ2v) is 3.01. The summed E-state index contributed by atoms with van der Waals surface area (Å²) in [7, 11) is 0. The summed E-state index contributed by atoms with van der Waals surface area (Å²) in [6.45, 7) is 1.32. The largest absolute Gasteiger partial charge is 0.457 e. The maximum absolute atomic E-state index is 10.6. The van der Waals surface area contributed by atoms with Gasteiger partial charge in [0, 0.05) is 6.92 Å². The topological polar surface area (TPSA) is 55.8 Å². The number of rotatable bonds is 1. The fraction of sp³-hybridized carbons (Fsp3) is 0.625. The predicted molar refractivity (Wildman–Crippen MR) is 39.4 cm³/mol. The van der Waals surface area contributed by atoms with Crippen LogP contribution in [-0.4, -0.2) is 35.5 Å². The van der Waals surface area contributed by atoms with Crippen LogP contribution in [0.15, 0.2) is 12.2 Å². The van der Waals surface area contributed by atoms with Crippen molar-refractivity contribution >= 4 is 5.97 Å². The number of hydrogen-bond acceptors (Lipinski definition) is 4. The van der Waals surface area contributed by atoms with E-state index in [1.54, 1.807) is 6.08 Å². The number of ether oxygens (including phenoxy) is 2. The van der Waals surface area contributed by atoms with Crippen LogP contribution in [0.3, 0.4) is 0 Å². The molecule has 12 heavy (non-hydrogen) atoms. The minimum atomic E-state index is -0.705. The summed E-state index contributed by atoms with van der Waals surface area (Å²) in [5.41, 5.74) is 0. The van der Waals surface area contributed by atoms with Crippen molar-refractivity contribution in [1.82, 2.24) is 0 Å². The zero-order valence-corrected chi connectivity index (χ0v) is 6.64. The molecule has 2 heterocycles. The first-order chi connectivity index (χ1) is 5.68. The van der Waals surface area contributed by atoms with E-state index in [1.807, 2.05) is 6.08 Å². The molecule has 66 valence electrons. The van der Waals surface area contributed by atoms with Crippen LogP contribution in [0.1, 0.15) is 6.92 Å². The third-order valence-corrected chi connectivity index (χ3v) is 2.10. The average Bonchev–Trinajstić information content (AvgIpc) is 2.53. The minimum absolute atomic E-state index is 0.256. The molecular formula is C8H10O4. The van der Waals surface area contributed by atoms with E-state index in [2.05, 4.69) is 0 Å². The number of carbonyl (C=O) groups is 1. The first-order valence-corrected chi connectivity index (χ1v) is 3.87. The molecule has 4 atom stereocenters. The molecule has 2 aliphatic rings. The van der Waals surface area contributed by atoms with Gasteiger partial charge in [0.25, 0.3) is 0 Å². The van der Waals surface area contributed by atoms with Gasteiger partial charge in [0.15, 0.2) is 6.10 Å². The molecular weight excluding hydrogens is 160 g/mol. The van der Waals surface area contributed by atoms with Gasteiger partial charge in [0.1, 0.15) is 18.3 Å². The monoisotopic (exact) mass is 170 g/mol. The zero-order valence-electron chi connectivity index (χ0n) is 6.64. The maximum Gasteiger partial charge on any atom is 0.303 e. The Kier molecular flexibility index (Phi) is 1.66. The van der Waals surface area contributed by atoms with E-state index in [4.69, 9.17) is 9.47 Å². The molecule has 0 spiro atoms. The number of carbonyl (C=O) groups excluding carboxylic acids is 1. The Balaban J connectivity index is 2.08. The van der Waals surface area contributed by atoms with Gasteiger partial charge >= 0.3 is 5.97 Å². The maximum atomic E-state index is 10.6. The van der Waals surface area contributed by atoms with Crippen LogP contribution in [0.4, 0.5) is 0 Å². The molecule has 1 fully saturated rings. The Morgan fingerprint density at radius 2 is 2.17 bits per heavy atom. The fourth-order valence-electron chi connectivity index (χ4n) is 1.58. The molecule has 1 saturated heterocycles. The molecule has 2 rings (SSSR count). The Hall–Kier alpha value is -0.870. The van der Waals surface area contributed by atoms with E-state index in [0.29, 0.717) is 0 Å². The molecule has 2 aliphatic heterocycles. The molecule has 0 aromatic heterocycles. The summed E-state index contributed by atoms with van der Waals surface area (Å²) in [6.07, 6.45) is 1.83. The minimum Gasteiger partial charge on any atom is -0.457 e. The number of fused-ring (bicyclic) bond motifs is 2. The summed E-state index contributed by atoms with van der Waals surface area (Å²) in [4.78, 5) is 10.6. The lowest BCUT2D eigenvalue weighted by Crippen LogP contribution is -2.37. The van der Waals surface area contributed by atoms with Crippen molar-refractivity contribution in [3.8, 4) is 0 Å². The zero-order chi connectivity index (χ0) is 8.72. The smallest absolute Gasteiger partial charge is 0.303 e. The highest BCUT2D eigenvalue weighted by molar-refractivity contribution is 5.66. The SMILES string of the molecule is CC(=O)OC1C2C=CC(O2)C1O. The molecule has 0 aliphatic carbocycles. The molecule has 1 N–H and O–H groups in total. The molecule has 2 bridgehead atoms. The number of hydrogen-bond donors (Lipinski definition) is 1. The van der Waals surface area contributed by atoms with E-state index in [-0.39, 0.29) is 18.2 Å². The van der Waals surface area contributed by atoms with E-state index in [9.17, 15) is 9.90 Å². The van der Waals surface area contributed by atoms with E-state index < -0.39 is 12.2 Å². The quantitative estimate of drug-likeness (QED) is 0.430. The lowest BCUT2D eigenvalue weighted by atomic mass is 10.0. The molecule has 0 aromatic carbocycles. The molecule has 4 nitrogen and oxygen atoms in total. The average molecular weight is 170 g/mol. The van der Waals surface area contributed by atoms with Crippen LogP contribution in [0, 0.1) is 0 Å². The normalized spacial score (nSPS) is 43.5. The van der Waals surface area contributed by atoms with Gasteiger partial charge in [-0.05, 0) is 0 Å². The molecule has 0 saturated carbocycles. The van der Waals surface area contributed by atoms with Crippen LogP contribution in [0.2, 0.25) is 0 Å². The summed E-state index contributed by atoms with van der Waals surface area (Å²) < 4.78 is 10.2. The summed E-state index contributed by atoms with van der Waals surface area (Å²) in [5.74, 6) is -0.386. The van der Waals surface area contributed by atoms with Gasteiger partial charge in [0.05, 0.1) is 0 Å². The van der Waals surface area contributed by atoms with Crippen molar-refractivity contribution in [2.45, 2.75) is 31.3 Å². The Morgan fingerprint density at radius 3 is 2.67 bits per heavy atom. The standard InChI is InChI=1S/C8H10O4/c1-4(9)11-8-6-3-2-5(12-6)7(8)10/h2-3,5-8,10H,1H3. The molecule has 4 unspecified atom stereocenters. The second kappa shape index (κ2) is 2.57. The van der Waals surface area contributed by atoms with Gasteiger partial charge in [-0.15, -0.1) is 0 Å². The predicted octanol–water partition coefficient (Wildman–Crippen LogP) is -0.384. The van der Waals surface area contributed by atoms with E-state index in [1.165, 1.54) is 6.92 Å². The Labute approximate surface area is 69.8 Å². The number of aliphatic hydroxyl groups excluding tert-OH is 1. The number of esters is 1. The van der Waals surface area contributed by atoms with Crippen molar-refractivity contribution in [2.24, 2.45) is 0 Å². The van der Waals surface area contributed by atoms with Gasteiger partial charge < -0.3 is 14.6 Å². The first kappa shape index (κ1) is 7.76. The van der Waals surface area contributed by atoms with Crippen LogP contribution in [0.5, 0.6) is 0 Å². The van der Waals surface area contributed by atoms with Crippen LogP contribution >= 0.6 is 0 Å². The fourth-order valence-corrected chi connectivity index (χ4v) is 1.58. The van der Waals surface area contributed by atoms with Crippen molar-refractivity contribution < 1.29 is 19.4 Å². The lowest BCUT2D eigenvalue weighted by molar-refractivity contribution is -0.151. The van der Waals surface area contributed by atoms with E-state index >= 15 is 0 Å².